The maximum absolute atomic E-state index is 4.52. The molecule has 0 spiro atoms. The summed E-state index contributed by atoms with van der Waals surface area (Å²) in [5, 5.41) is 3.47. The number of imidazole rings is 1. The summed E-state index contributed by atoms with van der Waals surface area (Å²) in [5.74, 6) is 2.00. The smallest absolute Gasteiger partial charge is 0.203 e. The fourth-order valence-corrected chi connectivity index (χ4v) is 2.21. The zero-order chi connectivity index (χ0) is 11.5. The van der Waals surface area contributed by atoms with Crippen LogP contribution in [0.3, 0.4) is 0 Å². The monoisotopic (exact) mass is 221 g/mol. The lowest BCUT2D eigenvalue weighted by Crippen LogP contribution is -2.17. The number of aromatic nitrogens is 2. The highest BCUT2D eigenvalue weighted by Crippen LogP contribution is 2.29. The molecule has 2 rings (SSSR count). The second-order valence-electron chi connectivity index (χ2n) is 5.22. The number of hydrogen-bond acceptors (Lipinski definition) is 2. The first-order chi connectivity index (χ1) is 7.66. The van der Waals surface area contributed by atoms with Crippen LogP contribution in [0, 0.1) is 12.8 Å². The average Bonchev–Trinajstić information content (AvgIpc) is 2.51. The molecule has 1 aromatic heterocycles. The Morgan fingerprint density at radius 3 is 2.81 bits per heavy atom. The van der Waals surface area contributed by atoms with E-state index < -0.39 is 0 Å². The normalized spacial score (nSPS) is 16.5. The summed E-state index contributed by atoms with van der Waals surface area (Å²) in [4.78, 5) is 4.52. The quantitative estimate of drug-likeness (QED) is 0.826. The van der Waals surface area contributed by atoms with Crippen LogP contribution in [0.15, 0.2) is 6.20 Å². The zero-order valence-corrected chi connectivity index (χ0v) is 10.7. The molecule has 1 heterocycles. The molecule has 1 N–H and O–H groups in total. The van der Waals surface area contributed by atoms with Crippen LogP contribution >= 0.6 is 0 Å². The summed E-state index contributed by atoms with van der Waals surface area (Å²) >= 11 is 0. The van der Waals surface area contributed by atoms with Crippen molar-refractivity contribution in [2.75, 3.05) is 11.9 Å². The Kier molecular flexibility index (Phi) is 3.52. The van der Waals surface area contributed by atoms with Crippen molar-refractivity contribution in [2.24, 2.45) is 5.92 Å². The number of nitrogens with one attached hydrogen (secondary N) is 1. The molecule has 1 saturated carbocycles. The van der Waals surface area contributed by atoms with Crippen LogP contribution in [0.25, 0.3) is 0 Å². The minimum absolute atomic E-state index is 0.479. The Labute approximate surface area is 98.3 Å². The number of hydrogen-bond donors (Lipinski definition) is 1. The largest absolute Gasteiger partial charge is 0.356 e. The van der Waals surface area contributed by atoms with Crippen molar-refractivity contribution in [2.45, 2.75) is 52.5 Å². The van der Waals surface area contributed by atoms with Gasteiger partial charge in [-0.05, 0) is 33.1 Å². The van der Waals surface area contributed by atoms with E-state index in [9.17, 15) is 0 Å². The highest BCUT2D eigenvalue weighted by molar-refractivity contribution is 5.29. The van der Waals surface area contributed by atoms with Gasteiger partial charge < -0.3 is 9.88 Å². The molecule has 3 nitrogen and oxygen atoms in total. The predicted molar refractivity (Wildman–Crippen MR) is 67.8 cm³/mol. The van der Waals surface area contributed by atoms with Gasteiger partial charge in [-0.2, -0.15) is 0 Å². The summed E-state index contributed by atoms with van der Waals surface area (Å²) in [6.07, 6.45) is 7.71. The van der Waals surface area contributed by atoms with Gasteiger partial charge in [-0.1, -0.05) is 19.3 Å². The first-order valence-electron chi connectivity index (χ1n) is 6.46. The van der Waals surface area contributed by atoms with Crippen LogP contribution in [0.4, 0.5) is 5.95 Å². The zero-order valence-electron chi connectivity index (χ0n) is 10.7. The number of rotatable bonds is 5. The van der Waals surface area contributed by atoms with E-state index in [0.717, 1.165) is 24.1 Å². The molecule has 1 aliphatic carbocycles. The minimum Gasteiger partial charge on any atom is -0.356 e. The van der Waals surface area contributed by atoms with Gasteiger partial charge in [0.25, 0.3) is 0 Å². The fourth-order valence-electron chi connectivity index (χ4n) is 2.21. The molecule has 90 valence electrons. The van der Waals surface area contributed by atoms with E-state index in [1.54, 1.807) is 0 Å². The highest BCUT2D eigenvalue weighted by atomic mass is 15.2. The third kappa shape index (κ3) is 2.57. The van der Waals surface area contributed by atoms with Gasteiger partial charge in [0, 0.05) is 18.8 Å². The predicted octanol–water partition coefficient (Wildman–Crippen LogP) is 3.37. The fraction of sp³-hybridized carbons (Fsp3) is 0.769. The van der Waals surface area contributed by atoms with Gasteiger partial charge in [-0.25, -0.2) is 4.98 Å². The van der Waals surface area contributed by atoms with Crippen molar-refractivity contribution in [1.82, 2.24) is 9.55 Å². The molecular weight excluding hydrogens is 198 g/mol. The Morgan fingerprint density at radius 1 is 1.50 bits per heavy atom. The topological polar surface area (TPSA) is 29.9 Å². The molecule has 16 heavy (non-hydrogen) atoms. The van der Waals surface area contributed by atoms with Gasteiger partial charge in [-0.3, -0.25) is 0 Å². The number of anilines is 1. The molecule has 0 bridgehead atoms. The first kappa shape index (κ1) is 11.5. The van der Waals surface area contributed by atoms with E-state index in [-0.39, 0.29) is 0 Å². The van der Waals surface area contributed by atoms with Crippen LogP contribution in [-0.2, 0) is 0 Å². The van der Waals surface area contributed by atoms with Gasteiger partial charge in [0.15, 0.2) is 0 Å². The summed E-state index contributed by atoms with van der Waals surface area (Å²) in [6, 6.07) is 0.479. The van der Waals surface area contributed by atoms with E-state index in [1.807, 2.05) is 0 Å². The maximum Gasteiger partial charge on any atom is 0.203 e. The van der Waals surface area contributed by atoms with Crippen LogP contribution in [0.1, 0.15) is 51.3 Å². The second-order valence-corrected chi connectivity index (χ2v) is 5.22. The van der Waals surface area contributed by atoms with Crippen molar-refractivity contribution in [3.05, 3.63) is 11.9 Å². The molecule has 0 aliphatic heterocycles. The van der Waals surface area contributed by atoms with Crippen molar-refractivity contribution in [3.63, 3.8) is 0 Å². The molecule has 0 amide bonds. The SMILES string of the molecule is Cc1cn(C(C)C)c(NCCC2CCC2)n1. The van der Waals surface area contributed by atoms with E-state index >= 15 is 0 Å². The number of nitrogens with zero attached hydrogens (tertiary/aromatic N) is 2. The minimum atomic E-state index is 0.479. The average molecular weight is 221 g/mol. The van der Waals surface area contributed by atoms with Gasteiger partial charge in [0.05, 0.1) is 5.69 Å². The third-order valence-electron chi connectivity index (χ3n) is 3.47. The molecular formula is C13H23N3. The molecule has 0 radical (unpaired) electrons. The number of aryl methyl sites for hydroxylation is 1. The van der Waals surface area contributed by atoms with Gasteiger partial charge in [-0.15, -0.1) is 0 Å². The molecule has 0 aromatic carbocycles. The van der Waals surface area contributed by atoms with E-state index in [0.29, 0.717) is 6.04 Å². The summed E-state index contributed by atoms with van der Waals surface area (Å²) in [6.45, 7) is 7.50. The summed E-state index contributed by atoms with van der Waals surface area (Å²) < 4.78 is 2.22. The van der Waals surface area contributed by atoms with Crippen molar-refractivity contribution in [3.8, 4) is 0 Å². The van der Waals surface area contributed by atoms with Gasteiger partial charge in [0.2, 0.25) is 5.95 Å². The molecule has 0 atom stereocenters. The van der Waals surface area contributed by atoms with Gasteiger partial charge >= 0.3 is 0 Å². The molecule has 0 unspecified atom stereocenters. The molecule has 1 aliphatic rings. The Hall–Kier alpha value is -0.990. The van der Waals surface area contributed by atoms with Crippen LogP contribution < -0.4 is 5.32 Å². The lowest BCUT2D eigenvalue weighted by atomic mass is 9.83. The van der Waals surface area contributed by atoms with Crippen molar-refractivity contribution >= 4 is 5.95 Å². The van der Waals surface area contributed by atoms with Crippen molar-refractivity contribution in [1.29, 1.82) is 0 Å². The lowest BCUT2D eigenvalue weighted by Gasteiger charge is -2.25. The lowest BCUT2D eigenvalue weighted by molar-refractivity contribution is 0.302. The first-order valence-corrected chi connectivity index (χ1v) is 6.46. The van der Waals surface area contributed by atoms with Crippen LogP contribution in [-0.4, -0.2) is 16.1 Å². The Bertz CT molecular complexity index is 337. The van der Waals surface area contributed by atoms with E-state index in [1.165, 1.54) is 25.7 Å². The van der Waals surface area contributed by atoms with Crippen LogP contribution in [0.5, 0.6) is 0 Å². The molecule has 0 saturated heterocycles. The Balaban J connectivity index is 1.86. The van der Waals surface area contributed by atoms with Crippen LogP contribution in [0.2, 0.25) is 0 Å². The second kappa shape index (κ2) is 4.89. The standard InChI is InChI=1S/C13H23N3/c1-10(2)16-9-11(3)15-13(16)14-8-7-12-5-4-6-12/h9-10,12H,4-8H2,1-3H3,(H,14,15). The summed E-state index contributed by atoms with van der Waals surface area (Å²) in [5.41, 5.74) is 1.10. The maximum atomic E-state index is 4.52. The molecule has 1 aromatic rings. The molecule has 3 heteroatoms. The third-order valence-corrected chi connectivity index (χ3v) is 3.47. The molecule has 1 fully saturated rings. The van der Waals surface area contributed by atoms with Crippen molar-refractivity contribution < 1.29 is 0 Å². The Morgan fingerprint density at radius 2 is 2.25 bits per heavy atom. The highest BCUT2D eigenvalue weighted by Gasteiger charge is 2.17. The summed E-state index contributed by atoms with van der Waals surface area (Å²) in [7, 11) is 0. The van der Waals surface area contributed by atoms with E-state index in [2.05, 4.69) is 41.8 Å². The van der Waals surface area contributed by atoms with E-state index in [4.69, 9.17) is 0 Å². The van der Waals surface area contributed by atoms with Gasteiger partial charge in [0.1, 0.15) is 0 Å².